The number of nitrogens with one attached hydrogen (secondary N) is 1. The second-order valence-corrected chi connectivity index (χ2v) is 6.98. The molecular formula is C20H21N7O. The van der Waals surface area contributed by atoms with Gasteiger partial charge in [-0.2, -0.15) is 4.68 Å². The number of tetrazole rings is 1. The van der Waals surface area contributed by atoms with Gasteiger partial charge in [0.1, 0.15) is 12.2 Å². The number of amides is 1. The molecule has 1 N–H and O–H groups in total. The Hall–Kier alpha value is -3.55. The van der Waals surface area contributed by atoms with E-state index in [0.717, 1.165) is 16.9 Å². The van der Waals surface area contributed by atoms with E-state index in [1.165, 1.54) is 11.0 Å². The van der Waals surface area contributed by atoms with Crippen molar-refractivity contribution in [3.05, 3.63) is 66.2 Å². The molecule has 0 bridgehead atoms. The van der Waals surface area contributed by atoms with Crippen LogP contribution < -0.4 is 5.32 Å². The molecule has 2 aromatic heterocycles. The van der Waals surface area contributed by atoms with Gasteiger partial charge >= 0.3 is 0 Å². The number of para-hydroxylation sites is 3. The van der Waals surface area contributed by atoms with Gasteiger partial charge in [-0.15, -0.1) is 5.10 Å². The highest BCUT2D eigenvalue weighted by Crippen LogP contribution is 2.25. The maximum Gasteiger partial charge on any atom is 0.254 e. The van der Waals surface area contributed by atoms with Gasteiger partial charge in [-0.25, -0.2) is 4.98 Å². The number of benzene rings is 2. The summed E-state index contributed by atoms with van der Waals surface area (Å²) in [5.41, 5.74) is 3.07. The van der Waals surface area contributed by atoms with Crippen molar-refractivity contribution in [3.63, 3.8) is 0 Å². The summed E-state index contributed by atoms with van der Waals surface area (Å²) in [4.78, 5) is 17.9. The lowest BCUT2D eigenvalue weighted by Crippen LogP contribution is -2.34. The third kappa shape index (κ3) is 3.13. The highest BCUT2D eigenvalue weighted by atomic mass is 16.1. The molecule has 2 heterocycles. The van der Waals surface area contributed by atoms with Crippen molar-refractivity contribution in [2.24, 2.45) is 13.0 Å². The maximum atomic E-state index is 13.1. The molecule has 0 saturated carbocycles. The number of carbonyl (C=O) groups excluding carboxylic acids is 1. The molecule has 2 aromatic carbocycles. The van der Waals surface area contributed by atoms with Crippen molar-refractivity contribution in [2.75, 3.05) is 0 Å². The third-order valence-corrected chi connectivity index (χ3v) is 4.80. The largest absolute Gasteiger partial charge is 0.342 e. The molecule has 0 spiro atoms. The SMILES string of the molecule is CC(C)[C@@H](NC(=O)c1ccccc1-n1cnnn1)c1nc2ccccc2n1C. The lowest BCUT2D eigenvalue weighted by atomic mass is 10.0. The first kappa shape index (κ1) is 17.8. The second-order valence-electron chi connectivity index (χ2n) is 6.98. The predicted molar refractivity (Wildman–Crippen MR) is 105 cm³/mol. The first-order valence-electron chi connectivity index (χ1n) is 9.11. The minimum absolute atomic E-state index is 0.152. The fraction of sp³-hybridized carbons (Fsp3) is 0.250. The number of fused-ring (bicyclic) bond motifs is 1. The lowest BCUT2D eigenvalue weighted by molar-refractivity contribution is 0.0922. The Balaban J connectivity index is 1.70. The van der Waals surface area contributed by atoms with Crippen LogP contribution in [0.5, 0.6) is 0 Å². The van der Waals surface area contributed by atoms with Crippen LogP contribution in [0.2, 0.25) is 0 Å². The fourth-order valence-corrected chi connectivity index (χ4v) is 3.33. The molecule has 0 aliphatic rings. The molecule has 0 aliphatic carbocycles. The molecule has 1 amide bonds. The molecule has 8 heteroatoms. The van der Waals surface area contributed by atoms with Crippen LogP contribution in [0.1, 0.15) is 36.1 Å². The first-order chi connectivity index (χ1) is 13.6. The number of hydrogen-bond donors (Lipinski definition) is 1. The summed E-state index contributed by atoms with van der Waals surface area (Å²) >= 11 is 0. The molecule has 4 aromatic rings. The molecule has 0 radical (unpaired) electrons. The average molecular weight is 375 g/mol. The van der Waals surface area contributed by atoms with E-state index in [1.807, 2.05) is 54.1 Å². The molecule has 0 unspecified atom stereocenters. The fourth-order valence-electron chi connectivity index (χ4n) is 3.33. The average Bonchev–Trinajstić information content (AvgIpc) is 3.35. The summed E-state index contributed by atoms with van der Waals surface area (Å²) in [6.07, 6.45) is 1.47. The molecule has 8 nitrogen and oxygen atoms in total. The van der Waals surface area contributed by atoms with Gasteiger partial charge in [-0.3, -0.25) is 4.79 Å². The van der Waals surface area contributed by atoms with Crippen LogP contribution in [0.15, 0.2) is 54.9 Å². The standard InChI is InChI=1S/C20H21N7O/c1-13(2)18(19-22-15-9-5-7-11-17(15)26(19)3)23-20(28)14-8-4-6-10-16(14)27-12-21-24-25-27/h4-13,18H,1-3H3,(H,23,28)/t18-/m1/s1. The van der Waals surface area contributed by atoms with E-state index < -0.39 is 0 Å². The van der Waals surface area contributed by atoms with E-state index in [1.54, 1.807) is 6.07 Å². The number of aryl methyl sites for hydroxylation is 1. The van der Waals surface area contributed by atoms with E-state index in [2.05, 4.69) is 34.7 Å². The Morgan fingerprint density at radius 3 is 2.54 bits per heavy atom. The number of aromatic nitrogens is 6. The van der Waals surface area contributed by atoms with E-state index in [9.17, 15) is 4.79 Å². The van der Waals surface area contributed by atoms with Crippen molar-refractivity contribution >= 4 is 16.9 Å². The molecule has 4 rings (SSSR count). The lowest BCUT2D eigenvalue weighted by Gasteiger charge is -2.22. The zero-order chi connectivity index (χ0) is 19.7. The summed E-state index contributed by atoms with van der Waals surface area (Å²) in [6.45, 7) is 4.13. The monoisotopic (exact) mass is 375 g/mol. The molecule has 0 fully saturated rings. The van der Waals surface area contributed by atoms with Crippen LogP contribution in [0.3, 0.4) is 0 Å². The summed E-state index contributed by atoms with van der Waals surface area (Å²) in [7, 11) is 1.97. The van der Waals surface area contributed by atoms with Gasteiger partial charge in [-0.05, 0) is 40.6 Å². The second kappa shape index (κ2) is 7.22. The van der Waals surface area contributed by atoms with Crippen molar-refractivity contribution in [2.45, 2.75) is 19.9 Å². The number of hydrogen-bond acceptors (Lipinski definition) is 5. The summed E-state index contributed by atoms with van der Waals surface area (Å²) < 4.78 is 3.52. The third-order valence-electron chi connectivity index (χ3n) is 4.80. The zero-order valence-electron chi connectivity index (χ0n) is 15.9. The van der Waals surface area contributed by atoms with Gasteiger partial charge in [0.15, 0.2) is 0 Å². The van der Waals surface area contributed by atoms with E-state index >= 15 is 0 Å². The maximum absolute atomic E-state index is 13.1. The van der Waals surface area contributed by atoms with E-state index in [-0.39, 0.29) is 17.9 Å². The summed E-state index contributed by atoms with van der Waals surface area (Å²) in [5, 5.41) is 14.4. The Morgan fingerprint density at radius 2 is 1.82 bits per heavy atom. The summed E-state index contributed by atoms with van der Waals surface area (Å²) in [6, 6.07) is 14.9. The minimum atomic E-state index is -0.244. The first-order valence-corrected chi connectivity index (χ1v) is 9.11. The van der Waals surface area contributed by atoms with Crippen molar-refractivity contribution in [1.29, 1.82) is 0 Å². The number of carbonyl (C=O) groups is 1. The predicted octanol–water partition coefficient (Wildman–Crippen LogP) is 2.68. The molecule has 1 atom stereocenters. The van der Waals surface area contributed by atoms with Crippen LogP contribution in [0.25, 0.3) is 16.7 Å². The molecule has 0 aliphatic heterocycles. The van der Waals surface area contributed by atoms with E-state index in [0.29, 0.717) is 11.3 Å². The number of rotatable bonds is 5. The van der Waals surface area contributed by atoms with Gasteiger partial charge < -0.3 is 9.88 Å². The van der Waals surface area contributed by atoms with Gasteiger partial charge in [0.2, 0.25) is 0 Å². The van der Waals surface area contributed by atoms with E-state index in [4.69, 9.17) is 4.98 Å². The van der Waals surface area contributed by atoms with Gasteiger partial charge in [0, 0.05) is 7.05 Å². The minimum Gasteiger partial charge on any atom is -0.342 e. The Labute approximate surface area is 162 Å². The molecule has 0 saturated heterocycles. The van der Waals surface area contributed by atoms with Crippen LogP contribution in [-0.4, -0.2) is 35.7 Å². The van der Waals surface area contributed by atoms with Crippen LogP contribution in [0.4, 0.5) is 0 Å². The molecular weight excluding hydrogens is 354 g/mol. The number of nitrogens with zero attached hydrogens (tertiary/aromatic N) is 6. The van der Waals surface area contributed by atoms with Gasteiger partial charge in [0.25, 0.3) is 5.91 Å². The smallest absolute Gasteiger partial charge is 0.254 e. The van der Waals surface area contributed by atoms with Gasteiger partial charge in [-0.1, -0.05) is 38.1 Å². The van der Waals surface area contributed by atoms with Crippen LogP contribution in [0, 0.1) is 5.92 Å². The van der Waals surface area contributed by atoms with Crippen molar-refractivity contribution in [3.8, 4) is 5.69 Å². The normalized spacial score (nSPS) is 12.4. The molecule has 142 valence electrons. The zero-order valence-corrected chi connectivity index (χ0v) is 15.9. The Kier molecular flexibility index (Phi) is 4.60. The highest BCUT2D eigenvalue weighted by Gasteiger charge is 2.25. The van der Waals surface area contributed by atoms with Crippen molar-refractivity contribution < 1.29 is 4.79 Å². The van der Waals surface area contributed by atoms with Crippen LogP contribution >= 0.6 is 0 Å². The molecule has 28 heavy (non-hydrogen) atoms. The quantitative estimate of drug-likeness (QED) is 0.579. The van der Waals surface area contributed by atoms with Crippen LogP contribution in [-0.2, 0) is 7.05 Å². The Morgan fingerprint density at radius 1 is 1.07 bits per heavy atom. The Bertz CT molecular complexity index is 1110. The topological polar surface area (TPSA) is 90.5 Å². The van der Waals surface area contributed by atoms with Gasteiger partial charge in [0.05, 0.1) is 28.3 Å². The van der Waals surface area contributed by atoms with Crippen molar-refractivity contribution in [1.82, 2.24) is 35.1 Å². The highest BCUT2D eigenvalue weighted by molar-refractivity contribution is 5.98. The summed E-state index contributed by atoms with van der Waals surface area (Å²) in [5.74, 6) is 0.779. The number of imidazole rings is 1.